The van der Waals surface area contributed by atoms with Crippen molar-refractivity contribution in [1.82, 2.24) is 19.9 Å². The van der Waals surface area contributed by atoms with Gasteiger partial charge in [-0.1, -0.05) is 19.9 Å². The molecular formula is C24H32N6O2. The van der Waals surface area contributed by atoms with Crippen LogP contribution in [0.3, 0.4) is 0 Å². The van der Waals surface area contributed by atoms with Gasteiger partial charge in [0.05, 0.1) is 18.0 Å². The van der Waals surface area contributed by atoms with Crippen molar-refractivity contribution in [2.24, 2.45) is 0 Å². The minimum absolute atomic E-state index is 0.110. The summed E-state index contributed by atoms with van der Waals surface area (Å²) in [7, 11) is 5.75. The molecule has 0 radical (unpaired) electrons. The largest absolute Gasteiger partial charge is 0.497 e. The number of benzene rings is 1. The van der Waals surface area contributed by atoms with Crippen LogP contribution in [0.25, 0.3) is 10.9 Å². The van der Waals surface area contributed by atoms with Crippen LogP contribution in [0.15, 0.2) is 29.1 Å². The molecule has 3 aromatic rings. The van der Waals surface area contributed by atoms with Gasteiger partial charge in [-0.2, -0.15) is 0 Å². The summed E-state index contributed by atoms with van der Waals surface area (Å²) in [6, 6.07) is 7.90. The van der Waals surface area contributed by atoms with Crippen molar-refractivity contribution in [3.05, 3.63) is 51.4 Å². The minimum Gasteiger partial charge on any atom is -0.497 e. The van der Waals surface area contributed by atoms with E-state index in [1.165, 1.54) is 0 Å². The van der Waals surface area contributed by atoms with Crippen molar-refractivity contribution < 1.29 is 4.74 Å². The lowest BCUT2D eigenvalue weighted by Gasteiger charge is -2.29. The molecule has 1 aliphatic rings. The number of nitrogens with one attached hydrogen (secondary N) is 2. The fraction of sp³-hybridized carbons (Fsp3) is 0.458. The first-order valence-electron chi connectivity index (χ1n) is 11.1. The Balaban J connectivity index is 1.60. The molecule has 8 heteroatoms. The molecule has 0 saturated carbocycles. The highest BCUT2D eigenvalue weighted by atomic mass is 16.5. The molecular weight excluding hydrogens is 404 g/mol. The number of fused-ring (bicyclic) bond motifs is 2. The molecule has 2 aromatic heterocycles. The average molecular weight is 437 g/mol. The van der Waals surface area contributed by atoms with Crippen LogP contribution in [-0.4, -0.2) is 60.7 Å². The Morgan fingerprint density at radius 1 is 1.25 bits per heavy atom. The first-order chi connectivity index (χ1) is 15.4. The molecule has 4 rings (SSSR count). The monoisotopic (exact) mass is 436 g/mol. The number of pyridine rings is 1. The van der Waals surface area contributed by atoms with Gasteiger partial charge in [0.15, 0.2) is 0 Å². The topological polar surface area (TPSA) is 86.4 Å². The van der Waals surface area contributed by atoms with Gasteiger partial charge in [-0.25, -0.2) is 9.97 Å². The number of aromatic amines is 1. The second-order valence-corrected chi connectivity index (χ2v) is 8.86. The van der Waals surface area contributed by atoms with Gasteiger partial charge in [0.25, 0.3) is 5.56 Å². The molecule has 0 spiro atoms. The number of nitrogens with zero attached hydrogens (tertiary/aromatic N) is 4. The predicted molar refractivity (Wildman–Crippen MR) is 129 cm³/mol. The molecule has 2 N–H and O–H groups in total. The zero-order chi connectivity index (χ0) is 22.8. The number of hydrogen-bond donors (Lipinski definition) is 2. The molecule has 170 valence electrons. The summed E-state index contributed by atoms with van der Waals surface area (Å²) < 4.78 is 5.45. The Kier molecular flexibility index (Phi) is 6.32. The Labute approximate surface area is 188 Å². The number of likely N-dealkylation sites (N-methyl/N-ethyl adjacent to an activating group) is 1. The van der Waals surface area contributed by atoms with Gasteiger partial charge < -0.3 is 19.9 Å². The maximum atomic E-state index is 13.0. The first-order valence-corrected chi connectivity index (χ1v) is 11.1. The lowest BCUT2D eigenvalue weighted by molar-refractivity contribution is 0.414. The summed E-state index contributed by atoms with van der Waals surface area (Å²) in [6.45, 7) is 7.36. The number of hydrogen-bond acceptors (Lipinski definition) is 7. The molecule has 0 fully saturated rings. The van der Waals surface area contributed by atoms with Gasteiger partial charge in [0.1, 0.15) is 11.6 Å². The van der Waals surface area contributed by atoms with Crippen molar-refractivity contribution in [1.29, 1.82) is 0 Å². The van der Waals surface area contributed by atoms with E-state index in [-0.39, 0.29) is 11.5 Å². The van der Waals surface area contributed by atoms with E-state index in [0.29, 0.717) is 29.1 Å². The second kappa shape index (κ2) is 9.16. The number of aromatic nitrogens is 3. The average Bonchev–Trinajstić information content (AvgIpc) is 2.77. The van der Waals surface area contributed by atoms with Crippen molar-refractivity contribution in [3.63, 3.8) is 0 Å². The lowest BCUT2D eigenvalue weighted by Crippen LogP contribution is -2.34. The molecule has 8 nitrogen and oxygen atoms in total. The van der Waals surface area contributed by atoms with E-state index < -0.39 is 0 Å². The quantitative estimate of drug-likeness (QED) is 0.589. The highest BCUT2D eigenvalue weighted by molar-refractivity contribution is 5.84. The molecule has 0 bridgehead atoms. The number of anilines is 2. The van der Waals surface area contributed by atoms with E-state index in [1.807, 2.05) is 18.2 Å². The van der Waals surface area contributed by atoms with Gasteiger partial charge in [-0.15, -0.1) is 0 Å². The van der Waals surface area contributed by atoms with E-state index in [2.05, 4.69) is 54.1 Å². The van der Waals surface area contributed by atoms with E-state index in [0.717, 1.165) is 48.7 Å². The Morgan fingerprint density at radius 3 is 2.78 bits per heavy atom. The lowest BCUT2D eigenvalue weighted by atomic mass is 9.98. The maximum Gasteiger partial charge on any atom is 0.260 e. The Bertz CT molecular complexity index is 1170. The fourth-order valence-electron chi connectivity index (χ4n) is 4.09. The van der Waals surface area contributed by atoms with Crippen molar-refractivity contribution in [2.75, 3.05) is 51.1 Å². The zero-order valence-electron chi connectivity index (χ0n) is 19.5. The Hall–Kier alpha value is -3.13. The van der Waals surface area contributed by atoms with Crippen LogP contribution in [-0.2, 0) is 13.0 Å². The number of methoxy groups -OCH3 is 1. The number of rotatable bonds is 7. The SMILES string of the molecule is COc1cc(C(C)C)c2c(=O)[nH]c(N3CCc4nc(NCCN(C)C)ccc4C3)nc2c1. The molecule has 0 aliphatic carbocycles. The van der Waals surface area contributed by atoms with E-state index in [9.17, 15) is 4.79 Å². The van der Waals surface area contributed by atoms with E-state index in [1.54, 1.807) is 7.11 Å². The van der Waals surface area contributed by atoms with Crippen molar-refractivity contribution in [3.8, 4) is 5.75 Å². The van der Waals surface area contributed by atoms with Crippen LogP contribution >= 0.6 is 0 Å². The number of H-pyrrole nitrogens is 1. The Morgan fingerprint density at radius 2 is 2.06 bits per heavy atom. The molecule has 1 aliphatic heterocycles. The summed E-state index contributed by atoms with van der Waals surface area (Å²) >= 11 is 0. The molecule has 3 heterocycles. The molecule has 1 aromatic carbocycles. The normalized spacial score (nSPS) is 13.7. The third kappa shape index (κ3) is 4.55. The van der Waals surface area contributed by atoms with Gasteiger partial charge in [0, 0.05) is 44.4 Å². The third-order valence-corrected chi connectivity index (χ3v) is 5.87. The second-order valence-electron chi connectivity index (χ2n) is 8.86. The van der Waals surface area contributed by atoms with Crippen LogP contribution < -0.4 is 20.5 Å². The van der Waals surface area contributed by atoms with Crippen LogP contribution in [0.2, 0.25) is 0 Å². The summed E-state index contributed by atoms with van der Waals surface area (Å²) in [5.41, 5.74) is 3.76. The van der Waals surface area contributed by atoms with Gasteiger partial charge >= 0.3 is 0 Å². The fourth-order valence-corrected chi connectivity index (χ4v) is 4.09. The highest BCUT2D eigenvalue weighted by Crippen LogP contribution is 2.29. The predicted octanol–water partition coefficient (Wildman–Crippen LogP) is 2.99. The van der Waals surface area contributed by atoms with Gasteiger partial charge in [-0.3, -0.25) is 9.78 Å². The summed E-state index contributed by atoms with van der Waals surface area (Å²) in [5, 5.41) is 4.02. The highest BCUT2D eigenvalue weighted by Gasteiger charge is 2.21. The van der Waals surface area contributed by atoms with Crippen LogP contribution in [0.5, 0.6) is 5.75 Å². The van der Waals surface area contributed by atoms with E-state index in [4.69, 9.17) is 14.7 Å². The van der Waals surface area contributed by atoms with Crippen LogP contribution in [0.1, 0.15) is 36.6 Å². The van der Waals surface area contributed by atoms with Crippen LogP contribution in [0.4, 0.5) is 11.8 Å². The third-order valence-electron chi connectivity index (χ3n) is 5.87. The summed E-state index contributed by atoms with van der Waals surface area (Å²) in [5.74, 6) is 2.40. The van der Waals surface area contributed by atoms with Crippen LogP contribution in [0, 0.1) is 0 Å². The summed E-state index contributed by atoms with van der Waals surface area (Å²) in [6.07, 6.45) is 0.801. The first kappa shape index (κ1) is 22.1. The van der Waals surface area contributed by atoms with Gasteiger partial charge in [-0.05, 0) is 43.3 Å². The standard InChI is InChI=1S/C24H32N6O2/c1-15(2)18-12-17(32-5)13-20-22(18)23(31)28-24(27-20)30-10-8-19-16(14-30)6-7-21(26-19)25-9-11-29(3)4/h6-7,12-13,15H,8-11,14H2,1-5H3,(H,25,26)(H,27,28,31). The van der Waals surface area contributed by atoms with E-state index >= 15 is 0 Å². The van der Waals surface area contributed by atoms with Crippen molar-refractivity contribution >= 4 is 22.7 Å². The molecule has 0 amide bonds. The molecule has 0 atom stereocenters. The summed E-state index contributed by atoms with van der Waals surface area (Å²) in [4.78, 5) is 29.9. The zero-order valence-corrected chi connectivity index (χ0v) is 19.5. The number of ether oxygens (including phenoxy) is 1. The maximum absolute atomic E-state index is 13.0. The smallest absolute Gasteiger partial charge is 0.260 e. The van der Waals surface area contributed by atoms with Gasteiger partial charge in [0.2, 0.25) is 5.95 Å². The van der Waals surface area contributed by atoms with Crippen molar-refractivity contribution in [2.45, 2.75) is 32.7 Å². The minimum atomic E-state index is -0.110. The molecule has 0 unspecified atom stereocenters. The molecule has 32 heavy (non-hydrogen) atoms. The molecule has 0 saturated heterocycles.